The number of hydrogen-bond donors (Lipinski definition) is 3. The molecular weight excluding hydrogens is 435 g/mol. The van der Waals surface area contributed by atoms with Crippen molar-refractivity contribution in [1.82, 2.24) is 20.2 Å². The van der Waals surface area contributed by atoms with Crippen LogP contribution in [0.2, 0.25) is 15.1 Å². The number of benzene rings is 2. The number of nitrogens with one attached hydrogen (secondary N) is 2. The van der Waals surface area contributed by atoms with Crippen LogP contribution in [0.4, 0.5) is 0 Å². The first kappa shape index (κ1) is 20.4. The number of rotatable bonds is 5. The molecule has 2 heterocycles. The smallest absolute Gasteiger partial charge is 0.237 e. The van der Waals surface area contributed by atoms with Gasteiger partial charge in [-0.2, -0.15) is 0 Å². The van der Waals surface area contributed by atoms with E-state index < -0.39 is 12.1 Å². The minimum absolute atomic E-state index is 0.175. The highest BCUT2D eigenvalue weighted by molar-refractivity contribution is 6.43. The first-order valence-electron chi connectivity index (χ1n) is 9.17. The van der Waals surface area contributed by atoms with Gasteiger partial charge in [-0.05, 0) is 36.2 Å². The number of likely N-dealkylation sites (tertiary alicyclic amines) is 1. The molecule has 1 amide bonds. The van der Waals surface area contributed by atoms with Gasteiger partial charge in [0.1, 0.15) is 5.82 Å². The predicted molar refractivity (Wildman–Crippen MR) is 114 cm³/mol. The van der Waals surface area contributed by atoms with Crippen LogP contribution in [0.1, 0.15) is 17.8 Å². The normalized spacial score (nSPS) is 19.7. The van der Waals surface area contributed by atoms with Gasteiger partial charge in [0.25, 0.3) is 0 Å². The molecule has 2 atom stereocenters. The molecule has 0 radical (unpaired) electrons. The molecule has 29 heavy (non-hydrogen) atoms. The van der Waals surface area contributed by atoms with Gasteiger partial charge in [0.15, 0.2) is 0 Å². The Balaban J connectivity index is 1.45. The van der Waals surface area contributed by atoms with E-state index in [1.54, 1.807) is 12.1 Å². The number of carbonyl (C=O) groups is 1. The lowest BCUT2D eigenvalue weighted by Crippen LogP contribution is -2.42. The third-order valence-corrected chi connectivity index (χ3v) is 6.05. The molecule has 0 aliphatic carbocycles. The van der Waals surface area contributed by atoms with Crippen LogP contribution >= 0.6 is 34.8 Å². The van der Waals surface area contributed by atoms with Crippen molar-refractivity contribution in [2.24, 2.45) is 0 Å². The molecule has 1 aliphatic rings. The summed E-state index contributed by atoms with van der Waals surface area (Å²) in [7, 11) is 0. The summed E-state index contributed by atoms with van der Waals surface area (Å²) in [5.74, 6) is 0.501. The highest BCUT2D eigenvalue weighted by Gasteiger charge is 2.36. The summed E-state index contributed by atoms with van der Waals surface area (Å²) in [5.41, 5.74) is 2.48. The molecule has 1 fully saturated rings. The number of halogens is 3. The zero-order chi connectivity index (χ0) is 20.5. The number of H-pyrrole nitrogens is 1. The van der Waals surface area contributed by atoms with Gasteiger partial charge in [-0.1, -0.05) is 46.9 Å². The number of hydrogen-bond acceptors (Lipinski definition) is 4. The Labute approximate surface area is 182 Å². The Morgan fingerprint density at radius 1 is 1.28 bits per heavy atom. The van der Waals surface area contributed by atoms with Gasteiger partial charge in [0.05, 0.1) is 39.8 Å². The van der Waals surface area contributed by atoms with Crippen molar-refractivity contribution in [3.8, 4) is 0 Å². The maximum Gasteiger partial charge on any atom is 0.237 e. The maximum atomic E-state index is 12.8. The molecule has 0 spiro atoms. The SMILES string of the molecule is O=C(NCc1nc2ccccc2[nH]1)C1CC(O)CN1Cc1cc(Cl)cc(Cl)c1Cl. The van der Waals surface area contributed by atoms with Gasteiger partial charge in [0, 0.05) is 18.1 Å². The number of fused-ring (bicyclic) bond motifs is 1. The molecule has 2 unspecified atom stereocenters. The van der Waals surface area contributed by atoms with Crippen LogP contribution in [-0.2, 0) is 17.9 Å². The number of amides is 1. The standard InChI is InChI=1S/C20H19Cl3N4O2/c21-12-5-11(19(23)14(22)6-12)9-27-10-13(28)7-17(27)20(29)24-8-18-25-15-3-1-2-4-16(15)26-18/h1-6,13,17,28H,7-10H2,(H,24,29)(H,25,26). The average molecular weight is 454 g/mol. The van der Waals surface area contributed by atoms with E-state index in [2.05, 4.69) is 15.3 Å². The number of aromatic amines is 1. The van der Waals surface area contributed by atoms with Crippen molar-refractivity contribution in [1.29, 1.82) is 0 Å². The van der Waals surface area contributed by atoms with E-state index in [1.807, 2.05) is 29.2 Å². The highest BCUT2D eigenvalue weighted by Crippen LogP contribution is 2.32. The maximum absolute atomic E-state index is 12.8. The van der Waals surface area contributed by atoms with E-state index in [0.29, 0.717) is 46.0 Å². The molecule has 3 aromatic rings. The summed E-state index contributed by atoms with van der Waals surface area (Å²) in [6, 6.07) is 10.5. The van der Waals surface area contributed by atoms with Gasteiger partial charge in [0.2, 0.25) is 5.91 Å². The van der Waals surface area contributed by atoms with Gasteiger partial charge >= 0.3 is 0 Å². The fourth-order valence-corrected chi connectivity index (χ4v) is 4.35. The van der Waals surface area contributed by atoms with E-state index in [-0.39, 0.29) is 12.5 Å². The van der Waals surface area contributed by atoms with Crippen LogP contribution in [0, 0.1) is 0 Å². The second kappa shape index (κ2) is 8.50. The molecule has 6 nitrogen and oxygen atoms in total. The minimum atomic E-state index is -0.592. The molecule has 1 saturated heterocycles. The number of nitrogens with zero attached hydrogens (tertiary/aromatic N) is 2. The van der Waals surface area contributed by atoms with Crippen molar-refractivity contribution in [2.75, 3.05) is 6.54 Å². The minimum Gasteiger partial charge on any atom is -0.392 e. The summed E-state index contributed by atoms with van der Waals surface area (Å²) in [6.45, 7) is 1.000. The molecule has 4 rings (SSSR count). The molecule has 0 bridgehead atoms. The van der Waals surface area contributed by atoms with Gasteiger partial charge in [-0.15, -0.1) is 0 Å². The van der Waals surface area contributed by atoms with Crippen LogP contribution < -0.4 is 5.32 Å². The van der Waals surface area contributed by atoms with E-state index >= 15 is 0 Å². The lowest BCUT2D eigenvalue weighted by atomic mass is 10.1. The highest BCUT2D eigenvalue weighted by atomic mass is 35.5. The first-order chi connectivity index (χ1) is 13.9. The molecule has 2 aromatic carbocycles. The van der Waals surface area contributed by atoms with Crippen LogP contribution in [0.3, 0.4) is 0 Å². The Bertz CT molecular complexity index is 1020. The molecule has 1 aromatic heterocycles. The van der Waals surface area contributed by atoms with Gasteiger partial charge in [-0.25, -0.2) is 4.98 Å². The van der Waals surface area contributed by atoms with Crippen molar-refractivity contribution >= 4 is 51.7 Å². The van der Waals surface area contributed by atoms with Crippen molar-refractivity contribution in [3.63, 3.8) is 0 Å². The number of aromatic nitrogens is 2. The predicted octanol–water partition coefficient (Wildman–Crippen LogP) is 3.77. The molecule has 1 aliphatic heterocycles. The van der Waals surface area contributed by atoms with E-state index in [1.165, 1.54) is 0 Å². The Morgan fingerprint density at radius 3 is 2.86 bits per heavy atom. The van der Waals surface area contributed by atoms with Crippen LogP contribution in [-0.4, -0.2) is 44.6 Å². The van der Waals surface area contributed by atoms with E-state index in [0.717, 1.165) is 11.0 Å². The number of carbonyl (C=O) groups excluding carboxylic acids is 1. The summed E-state index contributed by atoms with van der Waals surface area (Å²) in [5, 5.41) is 14.3. The van der Waals surface area contributed by atoms with Crippen LogP contribution in [0.5, 0.6) is 0 Å². The lowest BCUT2D eigenvalue weighted by Gasteiger charge is -2.24. The van der Waals surface area contributed by atoms with E-state index in [4.69, 9.17) is 34.8 Å². The largest absolute Gasteiger partial charge is 0.392 e. The summed E-state index contributed by atoms with van der Waals surface area (Å²) >= 11 is 18.5. The summed E-state index contributed by atoms with van der Waals surface area (Å²) < 4.78 is 0. The third kappa shape index (κ3) is 4.52. The monoisotopic (exact) mass is 452 g/mol. The number of imidazole rings is 1. The number of para-hydroxylation sites is 2. The molecule has 3 N–H and O–H groups in total. The quantitative estimate of drug-likeness (QED) is 0.514. The average Bonchev–Trinajstić information content (AvgIpc) is 3.26. The van der Waals surface area contributed by atoms with Gasteiger partial charge < -0.3 is 15.4 Å². The molecule has 0 saturated carbocycles. The Morgan fingerprint density at radius 2 is 2.07 bits per heavy atom. The number of aliphatic hydroxyl groups is 1. The second-order valence-corrected chi connectivity index (χ2v) is 8.34. The molecule has 152 valence electrons. The van der Waals surface area contributed by atoms with Crippen LogP contribution in [0.15, 0.2) is 36.4 Å². The van der Waals surface area contributed by atoms with Crippen molar-refractivity contribution in [3.05, 3.63) is 62.9 Å². The number of β-amino-alcohol motifs (C(OH)–C–C–N with tert-alkyl or cyclic N) is 1. The van der Waals surface area contributed by atoms with E-state index in [9.17, 15) is 9.90 Å². The van der Waals surface area contributed by atoms with Gasteiger partial charge in [-0.3, -0.25) is 9.69 Å². The zero-order valence-corrected chi connectivity index (χ0v) is 17.6. The summed E-state index contributed by atoms with van der Waals surface area (Å²) in [6.07, 6.45) is -0.247. The van der Waals surface area contributed by atoms with Crippen LogP contribution in [0.25, 0.3) is 11.0 Å². The Hall–Kier alpha value is -1.83. The summed E-state index contributed by atoms with van der Waals surface area (Å²) in [4.78, 5) is 22.3. The lowest BCUT2D eigenvalue weighted by molar-refractivity contribution is -0.125. The molecular formula is C20H19Cl3N4O2. The van der Waals surface area contributed by atoms with Crippen molar-refractivity contribution < 1.29 is 9.90 Å². The fourth-order valence-electron chi connectivity index (χ4n) is 3.65. The number of aliphatic hydroxyl groups excluding tert-OH is 1. The zero-order valence-electron chi connectivity index (χ0n) is 15.3. The third-order valence-electron chi connectivity index (χ3n) is 4.99. The topological polar surface area (TPSA) is 81.2 Å². The molecule has 9 heteroatoms. The first-order valence-corrected chi connectivity index (χ1v) is 10.3. The second-order valence-electron chi connectivity index (χ2n) is 7.11. The fraction of sp³-hybridized carbons (Fsp3) is 0.300. The Kier molecular flexibility index (Phi) is 5.99. The van der Waals surface area contributed by atoms with Crippen molar-refractivity contribution in [2.45, 2.75) is 31.7 Å².